The third kappa shape index (κ3) is 2.72. The Labute approximate surface area is 70.3 Å². The number of benzene rings is 1. The van der Waals surface area contributed by atoms with Gasteiger partial charge in [-0.15, -0.1) is 0 Å². The third-order valence-electron chi connectivity index (χ3n) is 1.31. The van der Waals surface area contributed by atoms with E-state index in [0.29, 0.717) is 11.5 Å². The molecule has 0 fully saturated rings. The minimum absolute atomic E-state index is 0.228. The molecule has 1 aromatic carbocycles. The zero-order valence-electron chi connectivity index (χ0n) is 5.98. The van der Waals surface area contributed by atoms with Crippen LogP contribution in [-0.2, 0) is 6.42 Å². The molecule has 0 unspecified atom stereocenters. The first-order chi connectivity index (χ1) is 5.18. The minimum atomic E-state index is -0.228. The number of rotatable bonds is 2. The molecular formula is C9H8ClF. The Kier molecular flexibility index (Phi) is 2.66. The summed E-state index contributed by atoms with van der Waals surface area (Å²) in [6.07, 6.45) is 0.599. The Morgan fingerprint density at radius 1 is 1.36 bits per heavy atom. The highest BCUT2D eigenvalue weighted by molar-refractivity contribution is 6.29. The van der Waals surface area contributed by atoms with Gasteiger partial charge >= 0.3 is 0 Å². The van der Waals surface area contributed by atoms with Crippen LogP contribution in [0.5, 0.6) is 0 Å². The maximum absolute atomic E-state index is 12.4. The van der Waals surface area contributed by atoms with Gasteiger partial charge in [-0.25, -0.2) is 4.39 Å². The predicted octanol–water partition coefficient (Wildman–Crippen LogP) is 3.12. The van der Waals surface area contributed by atoms with Gasteiger partial charge in [0.2, 0.25) is 0 Å². The topological polar surface area (TPSA) is 0 Å². The van der Waals surface area contributed by atoms with Crippen molar-refractivity contribution in [1.29, 1.82) is 0 Å². The van der Waals surface area contributed by atoms with Gasteiger partial charge in [-0.1, -0.05) is 30.3 Å². The lowest BCUT2D eigenvalue weighted by atomic mass is 10.1. The molecule has 0 saturated heterocycles. The van der Waals surface area contributed by atoms with E-state index in [0.717, 1.165) is 5.56 Å². The Morgan fingerprint density at radius 2 is 1.91 bits per heavy atom. The Balaban J connectivity index is 2.74. The lowest BCUT2D eigenvalue weighted by Gasteiger charge is -1.97. The van der Waals surface area contributed by atoms with Crippen LogP contribution in [0, 0.1) is 5.82 Å². The Hall–Kier alpha value is -0.820. The average Bonchev–Trinajstić information content (AvgIpc) is 1.93. The molecular weight excluding hydrogens is 163 g/mol. The van der Waals surface area contributed by atoms with Crippen LogP contribution in [0.2, 0.25) is 0 Å². The maximum atomic E-state index is 12.4. The molecule has 1 aromatic rings. The van der Waals surface area contributed by atoms with E-state index >= 15 is 0 Å². The number of hydrogen-bond acceptors (Lipinski definition) is 0. The van der Waals surface area contributed by atoms with Crippen molar-refractivity contribution in [2.75, 3.05) is 0 Å². The van der Waals surface area contributed by atoms with E-state index in [-0.39, 0.29) is 5.82 Å². The quantitative estimate of drug-likeness (QED) is 0.640. The summed E-state index contributed by atoms with van der Waals surface area (Å²) < 4.78 is 12.4. The molecule has 0 atom stereocenters. The van der Waals surface area contributed by atoms with Crippen molar-refractivity contribution in [2.24, 2.45) is 0 Å². The molecule has 0 aliphatic heterocycles. The normalized spacial score (nSPS) is 9.64. The van der Waals surface area contributed by atoms with Crippen molar-refractivity contribution in [3.8, 4) is 0 Å². The van der Waals surface area contributed by atoms with Gasteiger partial charge in [0.05, 0.1) is 0 Å². The molecule has 0 aromatic heterocycles. The van der Waals surface area contributed by atoms with E-state index < -0.39 is 0 Å². The van der Waals surface area contributed by atoms with Crippen molar-refractivity contribution in [1.82, 2.24) is 0 Å². The van der Waals surface area contributed by atoms with Crippen LogP contribution in [0.1, 0.15) is 5.56 Å². The molecule has 0 saturated carbocycles. The molecule has 0 aliphatic rings. The SMILES string of the molecule is C=C(Cl)Cc1ccc(F)cc1. The van der Waals surface area contributed by atoms with Crippen molar-refractivity contribution in [2.45, 2.75) is 6.42 Å². The first-order valence-electron chi connectivity index (χ1n) is 3.26. The van der Waals surface area contributed by atoms with Gasteiger partial charge in [-0.3, -0.25) is 0 Å². The lowest BCUT2D eigenvalue weighted by Crippen LogP contribution is -1.83. The van der Waals surface area contributed by atoms with Crippen molar-refractivity contribution >= 4 is 11.6 Å². The fourth-order valence-corrected chi connectivity index (χ4v) is 0.978. The largest absolute Gasteiger partial charge is 0.207 e. The van der Waals surface area contributed by atoms with Gasteiger partial charge < -0.3 is 0 Å². The second kappa shape index (κ2) is 3.54. The summed E-state index contributed by atoms with van der Waals surface area (Å²) >= 11 is 5.56. The van der Waals surface area contributed by atoms with Gasteiger partial charge in [0.1, 0.15) is 5.82 Å². The van der Waals surface area contributed by atoms with E-state index in [2.05, 4.69) is 6.58 Å². The minimum Gasteiger partial charge on any atom is -0.207 e. The molecule has 0 aliphatic carbocycles. The Bertz CT molecular complexity index is 251. The first-order valence-corrected chi connectivity index (χ1v) is 3.64. The highest BCUT2D eigenvalue weighted by Gasteiger charge is 1.94. The molecule has 1 rings (SSSR count). The summed E-state index contributed by atoms with van der Waals surface area (Å²) in [7, 11) is 0. The van der Waals surface area contributed by atoms with Gasteiger partial charge in [-0.05, 0) is 17.7 Å². The molecule has 0 amide bonds. The fraction of sp³-hybridized carbons (Fsp3) is 0.111. The number of halogens is 2. The van der Waals surface area contributed by atoms with Gasteiger partial charge in [0.25, 0.3) is 0 Å². The van der Waals surface area contributed by atoms with Gasteiger partial charge in [0, 0.05) is 11.5 Å². The van der Waals surface area contributed by atoms with Gasteiger partial charge in [-0.2, -0.15) is 0 Å². The molecule has 0 heterocycles. The number of hydrogen-bond donors (Lipinski definition) is 0. The van der Waals surface area contributed by atoms with E-state index in [9.17, 15) is 4.39 Å². The van der Waals surface area contributed by atoms with Crippen LogP contribution in [0.3, 0.4) is 0 Å². The first kappa shape index (κ1) is 8.28. The van der Waals surface area contributed by atoms with Crippen LogP contribution in [-0.4, -0.2) is 0 Å². The Morgan fingerprint density at radius 3 is 2.36 bits per heavy atom. The summed E-state index contributed by atoms with van der Waals surface area (Å²) in [4.78, 5) is 0. The van der Waals surface area contributed by atoms with E-state index in [1.165, 1.54) is 12.1 Å². The van der Waals surface area contributed by atoms with Crippen molar-refractivity contribution in [3.63, 3.8) is 0 Å². The summed E-state index contributed by atoms with van der Waals surface area (Å²) in [5, 5.41) is 0.566. The highest BCUT2D eigenvalue weighted by atomic mass is 35.5. The molecule has 0 radical (unpaired) electrons. The van der Waals surface area contributed by atoms with E-state index in [1.54, 1.807) is 12.1 Å². The maximum Gasteiger partial charge on any atom is 0.123 e. The number of allylic oxidation sites excluding steroid dienone is 1. The molecule has 0 N–H and O–H groups in total. The summed E-state index contributed by atoms with van der Waals surface area (Å²) in [5.41, 5.74) is 0.978. The van der Waals surface area contributed by atoms with Crippen LogP contribution in [0.25, 0.3) is 0 Å². The smallest absolute Gasteiger partial charge is 0.123 e. The standard InChI is InChI=1S/C9H8ClF/c1-7(10)6-8-2-4-9(11)5-3-8/h2-5H,1,6H2. The summed E-state index contributed by atoms with van der Waals surface area (Å²) in [6.45, 7) is 3.54. The van der Waals surface area contributed by atoms with Crippen molar-refractivity contribution < 1.29 is 4.39 Å². The molecule has 0 bridgehead atoms. The molecule has 0 spiro atoms. The second-order valence-electron chi connectivity index (χ2n) is 2.32. The van der Waals surface area contributed by atoms with E-state index in [4.69, 9.17) is 11.6 Å². The van der Waals surface area contributed by atoms with Crippen LogP contribution >= 0.6 is 11.6 Å². The molecule has 2 heteroatoms. The monoisotopic (exact) mass is 170 g/mol. The highest BCUT2D eigenvalue weighted by Crippen LogP contribution is 2.09. The third-order valence-corrected chi connectivity index (χ3v) is 1.44. The zero-order chi connectivity index (χ0) is 8.27. The second-order valence-corrected chi connectivity index (χ2v) is 2.86. The van der Waals surface area contributed by atoms with Crippen LogP contribution in [0.15, 0.2) is 35.9 Å². The summed E-state index contributed by atoms with van der Waals surface area (Å²) in [5.74, 6) is -0.228. The van der Waals surface area contributed by atoms with Crippen LogP contribution in [0.4, 0.5) is 4.39 Å². The fourth-order valence-electron chi connectivity index (χ4n) is 0.824. The molecule has 58 valence electrons. The van der Waals surface area contributed by atoms with Crippen molar-refractivity contribution in [3.05, 3.63) is 47.3 Å². The zero-order valence-corrected chi connectivity index (χ0v) is 6.74. The van der Waals surface area contributed by atoms with Crippen LogP contribution < -0.4 is 0 Å². The lowest BCUT2D eigenvalue weighted by molar-refractivity contribution is 0.627. The average molecular weight is 171 g/mol. The summed E-state index contributed by atoms with van der Waals surface area (Å²) in [6, 6.07) is 6.22. The van der Waals surface area contributed by atoms with Gasteiger partial charge in [0.15, 0.2) is 0 Å². The predicted molar refractivity (Wildman–Crippen MR) is 45.1 cm³/mol. The molecule has 0 nitrogen and oxygen atoms in total. The molecule has 11 heavy (non-hydrogen) atoms. The van der Waals surface area contributed by atoms with E-state index in [1.807, 2.05) is 0 Å².